The predicted octanol–water partition coefficient (Wildman–Crippen LogP) is 2.44. The fourth-order valence-electron chi connectivity index (χ4n) is 1.50. The number of hydrogen-bond acceptors (Lipinski definition) is 6. The molecule has 2 heterocycles. The zero-order valence-corrected chi connectivity index (χ0v) is 12.1. The summed E-state index contributed by atoms with van der Waals surface area (Å²) < 4.78 is 4.95. The molecule has 1 N–H and O–H groups in total. The van der Waals surface area contributed by atoms with Crippen LogP contribution in [-0.2, 0) is 4.74 Å². The molecule has 6 nitrogen and oxygen atoms in total. The molecule has 7 heteroatoms. The van der Waals surface area contributed by atoms with E-state index in [-0.39, 0.29) is 18.2 Å². The quantitative estimate of drug-likeness (QED) is 0.677. The van der Waals surface area contributed by atoms with E-state index >= 15 is 0 Å². The van der Waals surface area contributed by atoms with Gasteiger partial charge in [0.2, 0.25) is 0 Å². The van der Waals surface area contributed by atoms with Gasteiger partial charge in [0.05, 0.1) is 5.69 Å². The molecule has 0 saturated carbocycles. The Bertz CT molecular complexity index is 667. The van der Waals surface area contributed by atoms with Crippen LogP contribution in [-0.4, -0.2) is 28.5 Å². The average Bonchev–Trinajstić information content (AvgIpc) is 2.86. The second-order valence-electron chi connectivity index (χ2n) is 3.99. The molecule has 2 rings (SSSR count). The van der Waals surface area contributed by atoms with Crippen LogP contribution in [0, 0.1) is 6.92 Å². The van der Waals surface area contributed by atoms with Gasteiger partial charge < -0.3 is 4.74 Å². The molecule has 0 aromatic carbocycles. The largest absolute Gasteiger partial charge is 0.457 e. The van der Waals surface area contributed by atoms with Gasteiger partial charge in [0.15, 0.2) is 5.13 Å². The van der Waals surface area contributed by atoms with Gasteiger partial charge in [-0.05, 0) is 19.1 Å². The minimum atomic E-state index is -0.483. The molecule has 0 atom stereocenters. The molecule has 0 aliphatic carbocycles. The molecule has 21 heavy (non-hydrogen) atoms. The highest BCUT2D eigenvalue weighted by Crippen LogP contribution is 2.23. The second kappa shape index (κ2) is 6.76. The van der Waals surface area contributed by atoms with Crippen LogP contribution in [0.3, 0.4) is 0 Å². The van der Waals surface area contributed by atoms with Crippen molar-refractivity contribution in [3.63, 3.8) is 0 Å². The number of aryl methyl sites for hydroxylation is 1. The molecule has 0 spiro atoms. The summed E-state index contributed by atoms with van der Waals surface area (Å²) in [6.45, 7) is 5.28. The smallest absolute Gasteiger partial charge is 0.350 e. The van der Waals surface area contributed by atoms with Crippen molar-refractivity contribution in [2.45, 2.75) is 6.92 Å². The first kappa shape index (κ1) is 14.9. The van der Waals surface area contributed by atoms with E-state index in [9.17, 15) is 9.59 Å². The Kier molecular flexibility index (Phi) is 4.78. The average molecular weight is 303 g/mol. The summed E-state index contributed by atoms with van der Waals surface area (Å²) in [7, 11) is 0. The fourth-order valence-corrected chi connectivity index (χ4v) is 2.35. The van der Waals surface area contributed by atoms with Crippen LogP contribution in [0.5, 0.6) is 0 Å². The van der Waals surface area contributed by atoms with E-state index in [0.717, 1.165) is 11.3 Å². The van der Waals surface area contributed by atoms with Crippen molar-refractivity contribution >= 4 is 28.3 Å². The Labute approximate surface area is 125 Å². The van der Waals surface area contributed by atoms with Crippen molar-refractivity contribution in [3.05, 3.63) is 53.3 Å². The van der Waals surface area contributed by atoms with Gasteiger partial charge in [0.25, 0.3) is 5.91 Å². The van der Waals surface area contributed by atoms with Gasteiger partial charge in [-0.15, -0.1) is 0 Å². The number of thiazole rings is 1. The van der Waals surface area contributed by atoms with Gasteiger partial charge in [-0.1, -0.05) is 30.1 Å². The lowest BCUT2D eigenvalue weighted by Crippen LogP contribution is -2.13. The first-order chi connectivity index (χ1) is 10.1. The molecule has 0 unspecified atom stereocenters. The third-order valence-corrected chi connectivity index (χ3v) is 3.49. The molecule has 0 radical (unpaired) electrons. The van der Waals surface area contributed by atoms with Crippen molar-refractivity contribution in [3.8, 4) is 0 Å². The standard InChI is InChI=1S/C14H13N3O3S/c1-3-8-20-13(19)11-9(2)16-14(21-11)17-12(18)10-6-4-5-7-15-10/h3-7H,1,8H2,2H3,(H,16,17,18). The SMILES string of the molecule is C=CCOC(=O)c1sc(NC(=O)c2ccccn2)nc1C. The van der Waals surface area contributed by atoms with Gasteiger partial charge in [-0.25, -0.2) is 9.78 Å². The zero-order valence-electron chi connectivity index (χ0n) is 11.3. The summed E-state index contributed by atoms with van der Waals surface area (Å²) in [5.74, 6) is -0.862. The Balaban J connectivity index is 2.10. The number of anilines is 1. The number of ether oxygens (including phenoxy) is 1. The lowest BCUT2D eigenvalue weighted by atomic mass is 10.3. The molecule has 0 bridgehead atoms. The summed E-state index contributed by atoms with van der Waals surface area (Å²) in [6, 6.07) is 5.03. The van der Waals surface area contributed by atoms with Gasteiger partial charge in [0, 0.05) is 6.20 Å². The van der Waals surface area contributed by atoms with Gasteiger partial charge >= 0.3 is 5.97 Å². The third-order valence-electron chi connectivity index (χ3n) is 2.43. The van der Waals surface area contributed by atoms with Gasteiger partial charge in [0.1, 0.15) is 17.2 Å². The van der Waals surface area contributed by atoms with Crippen molar-refractivity contribution in [2.24, 2.45) is 0 Å². The Morgan fingerprint density at radius 2 is 2.29 bits per heavy atom. The monoisotopic (exact) mass is 303 g/mol. The molecule has 2 aromatic heterocycles. The van der Waals surface area contributed by atoms with E-state index in [4.69, 9.17) is 4.74 Å². The van der Waals surface area contributed by atoms with Crippen LogP contribution in [0.15, 0.2) is 37.1 Å². The third kappa shape index (κ3) is 3.73. The van der Waals surface area contributed by atoms with Crippen LogP contribution in [0.4, 0.5) is 5.13 Å². The maximum Gasteiger partial charge on any atom is 0.350 e. The Hall–Kier alpha value is -2.54. The Morgan fingerprint density at radius 3 is 2.95 bits per heavy atom. The van der Waals surface area contributed by atoms with Gasteiger partial charge in [-0.3, -0.25) is 15.1 Å². The minimum Gasteiger partial charge on any atom is -0.457 e. The molecule has 1 amide bonds. The first-order valence-electron chi connectivity index (χ1n) is 6.09. The molecular weight excluding hydrogens is 290 g/mol. The molecule has 0 aliphatic heterocycles. The topological polar surface area (TPSA) is 81.2 Å². The summed E-state index contributed by atoms with van der Waals surface area (Å²) in [6.07, 6.45) is 3.01. The van der Waals surface area contributed by atoms with Crippen LogP contribution in [0.2, 0.25) is 0 Å². The Morgan fingerprint density at radius 1 is 1.48 bits per heavy atom. The second-order valence-corrected chi connectivity index (χ2v) is 4.99. The molecule has 2 aromatic rings. The van der Waals surface area contributed by atoms with Crippen LogP contribution in [0.1, 0.15) is 25.9 Å². The maximum atomic E-state index is 11.9. The summed E-state index contributed by atoms with van der Waals surface area (Å²) in [5, 5.41) is 2.94. The van der Waals surface area contributed by atoms with E-state index < -0.39 is 5.97 Å². The predicted molar refractivity (Wildman–Crippen MR) is 79.5 cm³/mol. The number of nitrogens with zero attached hydrogens (tertiary/aromatic N) is 2. The zero-order chi connectivity index (χ0) is 15.2. The number of nitrogens with one attached hydrogen (secondary N) is 1. The molecule has 0 saturated heterocycles. The highest BCUT2D eigenvalue weighted by Gasteiger charge is 2.18. The van der Waals surface area contributed by atoms with Crippen molar-refractivity contribution in [1.29, 1.82) is 0 Å². The summed E-state index contributed by atoms with van der Waals surface area (Å²) in [4.78, 5) is 32.1. The number of pyridine rings is 1. The lowest BCUT2D eigenvalue weighted by Gasteiger charge is -1.99. The number of carbonyl (C=O) groups excluding carboxylic acids is 2. The number of esters is 1. The molecule has 0 fully saturated rings. The summed E-state index contributed by atoms with van der Waals surface area (Å²) >= 11 is 1.06. The molecule has 108 valence electrons. The number of rotatable bonds is 5. The number of carbonyl (C=O) groups is 2. The highest BCUT2D eigenvalue weighted by molar-refractivity contribution is 7.17. The van der Waals surface area contributed by atoms with E-state index in [1.54, 1.807) is 25.1 Å². The number of aromatic nitrogens is 2. The highest BCUT2D eigenvalue weighted by atomic mass is 32.1. The first-order valence-corrected chi connectivity index (χ1v) is 6.91. The van der Waals surface area contributed by atoms with Crippen molar-refractivity contribution < 1.29 is 14.3 Å². The van der Waals surface area contributed by atoms with Crippen LogP contribution < -0.4 is 5.32 Å². The summed E-state index contributed by atoms with van der Waals surface area (Å²) in [5.41, 5.74) is 0.784. The normalized spacial score (nSPS) is 9.95. The molecule has 0 aliphatic rings. The maximum absolute atomic E-state index is 11.9. The number of hydrogen-bond donors (Lipinski definition) is 1. The van der Waals surface area contributed by atoms with Crippen molar-refractivity contribution in [1.82, 2.24) is 9.97 Å². The van der Waals surface area contributed by atoms with E-state index in [2.05, 4.69) is 21.9 Å². The minimum absolute atomic E-state index is 0.131. The van der Waals surface area contributed by atoms with E-state index in [0.29, 0.717) is 15.7 Å². The molecular formula is C14H13N3O3S. The van der Waals surface area contributed by atoms with Gasteiger partial charge in [-0.2, -0.15) is 0 Å². The van der Waals surface area contributed by atoms with E-state index in [1.165, 1.54) is 12.3 Å². The van der Waals surface area contributed by atoms with Crippen LogP contribution in [0.25, 0.3) is 0 Å². The van der Waals surface area contributed by atoms with Crippen LogP contribution >= 0.6 is 11.3 Å². The fraction of sp³-hybridized carbons (Fsp3) is 0.143. The number of amides is 1. The lowest BCUT2D eigenvalue weighted by molar-refractivity contribution is 0.0554. The van der Waals surface area contributed by atoms with Crippen molar-refractivity contribution in [2.75, 3.05) is 11.9 Å². The van der Waals surface area contributed by atoms with E-state index in [1.807, 2.05) is 0 Å².